The first-order chi connectivity index (χ1) is 13.9. The zero-order valence-corrected chi connectivity index (χ0v) is 18.1. The van der Waals surface area contributed by atoms with Crippen molar-refractivity contribution in [1.29, 1.82) is 0 Å². The third-order valence-corrected chi connectivity index (χ3v) is 7.86. The van der Waals surface area contributed by atoms with E-state index in [4.69, 9.17) is 16.3 Å². The summed E-state index contributed by atoms with van der Waals surface area (Å²) in [7, 11) is -1.75. The third kappa shape index (κ3) is 5.31. The molecule has 0 radical (unpaired) electrons. The lowest BCUT2D eigenvalue weighted by atomic mass is 10.0. The minimum atomic E-state index is -3.26. The standard InChI is InChI=1S/C22H26ClNO4S/c1-28-21-12-9-17(23)15-20(21)22(25)24-14-13-16-7-10-19(11-8-16)29(26,27)18-5-3-2-4-6-18/h7-12,15,18H,2-6,13-14H2,1H3,(H,24,25). The van der Waals surface area contributed by atoms with Gasteiger partial charge in [0.15, 0.2) is 9.84 Å². The number of amides is 1. The van der Waals surface area contributed by atoms with Crippen molar-refractivity contribution in [3.8, 4) is 5.75 Å². The lowest BCUT2D eigenvalue weighted by Gasteiger charge is -2.21. The predicted octanol–water partition coefficient (Wildman–Crippen LogP) is 4.43. The van der Waals surface area contributed by atoms with Gasteiger partial charge in [0, 0.05) is 11.6 Å². The highest BCUT2D eigenvalue weighted by Gasteiger charge is 2.28. The molecule has 1 saturated carbocycles. The number of benzene rings is 2. The quantitative estimate of drug-likeness (QED) is 0.698. The van der Waals surface area contributed by atoms with E-state index in [0.717, 1.165) is 37.7 Å². The molecule has 0 heterocycles. The van der Waals surface area contributed by atoms with Crippen molar-refractivity contribution in [2.75, 3.05) is 13.7 Å². The summed E-state index contributed by atoms with van der Waals surface area (Å²) in [5.41, 5.74) is 1.35. The van der Waals surface area contributed by atoms with Gasteiger partial charge in [0.1, 0.15) is 5.75 Å². The zero-order valence-electron chi connectivity index (χ0n) is 16.5. The predicted molar refractivity (Wildman–Crippen MR) is 115 cm³/mol. The lowest BCUT2D eigenvalue weighted by Crippen LogP contribution is -2.26. The Hall–Kier alpha value is -2.05. The van der Waals surface area contributed by atoms with E-state index < -0.39 is 9.84 Å². The maximum absolute atomic E-state index is 12.8. The van der Waals surface area contributed by atoms with Gasteiger partial charge in [-0.15, -0.1) is 0 Å². The normalized spacial score (nSPS) is 15.1. The summed E-state index contributed by atoms with van der Waals surface area (Å²) in [6.07, 6.45) is 5.19. The van der Waals surface area contributed by atoms with Gasteiger partial charge in [-0.3, -0.25) is 4.79 Å². The van der Waals surface area contributed by atoms with E-state index in [1.165, 1.54) is 7.11 Å². The van der Waals surface area contributed by atoms with Gasteiger partial charge in [0.2, 0.25) is 0 Å². The molecule has 7 heteroatoms. The van der Waals surface area contributed by atoms with Crippen LogP contribution in [0.3, 0.4) is 0 Å². The van der Waals surface area contributed by atoms with E-state index in [1.807, 2.05) is 12.1 Å². The van der Waals surface area contributed by atoms with Crippen LogP contribution in [0.15, 0.2) is 47.4 Å². The van der Waals surface area contributed by atoms with Gasteiger partial charge in [0.25, 0.3) is 5.91 Å². The summed E-state index contributed by atoms with van der Waals surface area (Å²) in [6, 6.07) is 11.9. The number of rotatable bonds is 7. The summed E-state index contributed by atoms with van der Waals surface area (Å²) < 4.78 is 30.7. The summed E-state index contributed by atoms with van der Waals surface area (Å²) in [5.74, 6) is 0.199. The third-order valence-electron chi connectivity index (χ3n) is 5.35. The van der Waals surface area contributed by atoms with Crippen molar-refractivity contribution in [3.63, 3.8) is 0 Å². The number of methoxy groups -OCH3 is 1. The summed E-state index contributed by atoms with van der Waals surface area (Å²) >= 11 is 5.97. The summed E-state index contributed by atoms with van der Waals surface area (Å²) in [5, 5.41) is 3.06. The van der Waals surface area contributed by atoms with E-state index in [0.29, 0.717) is 34.2 Å². The Morgan fingerprint density at radius 1 is 1.10 bits per heavy atom. The minimum absolute atomic E-state index is 0.255. The van der Waals surface area contributed by atoms with Gasteiger partial charge in [-0.05, 0) is 55.2 Å². The highest BCUT2D eigenvalue weighted by Crippen LogP contribution is 2.28. The van der Waals surface area contributed by atoms with E-state index in [9.17, 15) is 13.2 Å². The number of hydrogen-bond acceptors (Lipinski definition) is 4. The molecule has 3 rings (SSSR count). The molecule has 0 unspecified atom stereocenters. The van der Waals surface area contributed by atoms with E-state index in [2.05, 4.69) is 5.32 Å². The number of carbonyl (C=O) groups excluding carboxylic acids is 1. The fourth-order valence-electron chi connectivity index (χ4n) is 3.69. The fourth-order valence-corrected chi connectivity index (χ4v) is 5.71. The van der Waals surface area contributed by atoms with Crippen molar-refractivity contribution in [1.82, 2.24) is 5.32 Å². The molecule has 1 aliphatic rings. The molecule has 0 atom stereocenters. The van der Waals surface area contributed by atoms with Crippen molar-refractivity contribution < 1.29 is 17.9 Å². The van der Waals surface area contributed by atoms with Crippen LogP contribution in [-0.2, 0) is 16.3 Å². The topological polar surface area (TPSA) is 72.5 Å². The van der Waals surface area contributed by atoms with Crippen molar-refractivity contribution >= 4 is 27.3 Å². The van der Waals surface area contributed by atoms with Crippen LogP contribution in [0.1, 0.15) is 48.0 Å². The Morgan fingerprint density at radius 2 is 1.79 bits per heavy atom. The molecular formula is C22H26ClNO4S. The molecule has 0 bridgehead atoms. The maximum Gasteiger partial charge on any atom is 0.255 e. The number of carbonyl (C=O) groups is 1. The fraction of sp³-hybridized carbons (Fsp3) is 0.409. The molecule has 1 N–H and O–H groups in total. The van der Waals surface area contributed by atoms with Crippen molar-refractivity contribution in [2.24, 2.45) is 0 Å². The SMILES string of the molecule is COc1ccc(Cl)cc1C(=O)NCCc1ccc(S(=O)(=O)C2CCCCC2)cc1. The zero-order chi connectivity index (χ0) is 20.9. The van der Waals surface area contributed by atoms with Crippen LogP contribution in [0, 0.1) is 0 Å². The summed E-state index contributed by atoms with van der Waals surface area (Å²) in [4.78, 5) is 12.8. The largest absolute Gasteiger partial charge is 0.496 e. The van der Waals surface area contributed by atoms with Gasteiger partial charge in [0.05, 0.1) is 22.8 Å². The Balaban J connectivity index is 1.58. The molecule has 156 valence electrons. The monoisotopic (exact) mass is 435 g/mol. The Morgan fingerprint density at radius 3 is 2.45 bits per heavy atom. The summed E-state index contributed by atoms with van der Waals surface area (Å²) in [6.45, 7) is 0.420. The van der Waals surface area contributed by atoms with Gasteiger partial charge in [-0.1, -0.05) is 43.0 Å². The highest BCUT2D eigenvalue weighted by atomic mass is 35.5. The first-order valence-electron chi connectivity index (χ1n) is 9.86. The van der Waals surface area contributed by atoms with Crippen LogP contribution in [-0.4, -0.2) is 33.2 Å². The van der Waals surface area contributed by atoms with Crippen LogP contribution in [0.25, 0.3) is 0 Å². The van der Waals surface area contributed by atoms with Gasteiger partial charge >= 0.3 is 0 Å². The molecule has 2 aromatic carbocycles. The second-order valence-electron chi connectivity index (χ2n) is 7.30. The molecule has 0 saturated heterocycles. The lowest BCUT2D eigenvalue weighted by molar-refractivity contribution is 0.0951. The number of nitrogens with one attached hydrogen (secondary N) is 1. The van der Waals surface area contributed by atoms with Crippen LogP contribution in [0.2, 0.25) is 5.02 Å². The first kappa shape index (κ1) is 21.7. The Kier molecular flexibility index (Phi) is 7.19. The minimum Gasteiger partial charge on any atom is -0.496 e. The first-order valence-corrected chi connectivity index (χ1v) is 11.8. The molecule has 29 heavy (non-hydrogen) atoms. The maximum atomic E-state index is 12.8. The van der Waals surface area contributed by atoms with E-state index in [-0.39, 0.29) is 11.2 Å². The number of sulfone groups is 1. The van der Waals surface area contributed by atoms with Crippen LogP contribution >= 0.6 is 11.6 Å². The van der Waals surface area contributed by atoms with Gasteiger partial charge < -0.3 is 10.1 Å². The van der Waals surface area contributed by atoms with Crippen LogP contribution in [0.5, 0.6) is 5.75 Å². The molecule has 5 nitrogen and oxygen atoms in total. The second-order valence-corrected chi connectivity index (χ2v) is 9.96. The van der Waals surface area contributed by atoms with Crippen LogP contribution < -0.4 is 10.1 Å². The van der Waals surface area contributed by atoms with Crippen molar-refractivity contribution in [2.45, 2.75) is 48.7 Å². The molecule has 0 aliphatic heterocycles. The Bertz CT molecular complexity index is 951. The average molecular weight is 436 g/mol. The molecule has 1 aliphatic carbocycles. The van der Waals surface area contributed by atoms with E-state index in [1.54, 1.807) is 30.3 Å². The average Bonchev–Trinajstić information content (AvgIpc) is 2.74. The molecular weight excluding hydrogens is 410 g/mol. The smallest absolute Gasteiger partial charge is 0.255 e. The molecule has 1 fully saturated rings. The van der Waals surface area contributed by atoms with Crippen LogP contribution in [0.4, 0.5) is 0 Å². The molecule has 0 aromatic heterocycles. The van der Waals surface area contributed by atoms with Gasteiger partial charge in [-0.2, -0.15) is 0 Å². The van der Waals surface area contributed by atoms with Crippen molar-refractivity contribution in [3.05, 3.63) is 58.6 Å². The second kappa shape index (κ2) is 9.63. The number of ether oxygens (including phenoxy) is 1. The highest BCUT2D eigenvalue weighted by molar-refractivity contribution is 7.92. The number of halogens is 1. The number of hydrogen-bond donors (Lipinski definition) is 1. The molecule has 0 spiro atoms. The van der Waals surface area contributed by atoms with Gasteiger partial charge in [-0.25, -0.2) is 8.42 Å². The Labute approximate surface area is 177 Å². The molecule has 2 aromatic rings. The molecule has 1 amide bonds. The van der Waals surface area contributed by atoms with E-state index >= 15 is 0 Å².